The molecule has 27 heavy (non-hydrogen) atoms. The summed E-state index contributed by atoms with van der Waals surface area (Å²) in [6, 6.07) is 15.2. The number of nitrogens with zero attached hydrogens (tertiary/aromatic N) is 1. The van der Waals surface area contributed by atoms with Crippen molar-refractivity contribution < 1.29 is 19.1 Å². The van der Waals surface area contributed by atoms with E-state index in [1.54, 1.807) is 37.3 Å². The standard InChI is InChI=1S/C21H24N2O4/c1-26-17-12-16(13-18(14-17)27-2)23-11-9-19(21(23)25)20(24)22-10-8-15-6-4-3-5-7-15/h3-7,12-14,19H,8-11H2,1-2H3,(H,22,24). The van der Waals surface area contributed by atoms with Crippen molar-refractivity contribution in [3.63, 3.8) is 0 Å². The van der Waals surface area contributed by atoms with E-state index < -0.39 is 5.92 Å². The van der Waals surface area contributed by atoms with Gasteiger partial charge in [0.05, 0.1) is 19.9 Å². The second-order valence-corrected chi connectivity index (χ2v) is 6.43. The summed E-state index contributed by atoms with van der Waals surface area (Å²) in [4.78, 5) is 26.8. The zero-order chi connectivity index (χ0) is 19.2. The van der Waals surface area contributed by atoms with Crippen molar-refractivity contribution in [3.8, 4) is 11.5 Å². The lowest BCUT2D eigenvalue weighted by Gasteiger charge is -2.18. The summed E-state index contributed by atoms with van der Waals surface area (Å²) < 4.78 is 10.5. The Bertz CT molecular complexity index is 785. The number of carbonyl (C=O) groups is 2. The van der Waals surface area contributed by atoms with Crippen LogP contribution < -0.4 is 19.7 Å². The van der Waals surface area contributed by atoms with Crippen LogP contribution in [0, 0.1) is 5.92 Å². The van der Waals surface area contributed by atoms with E-state index >= 15 is 0 Å². The Morgan fingerprint density at radius 2 is 1.78 bits per heavy atom. The smallest absolute Gasteiger partial charge is 0.239 e. The molecule has 1 atom stereocenters. The van der Waals surface area contributed by atoms with Crippen molar-refractivity contribution in [2.24, 2.45) is 5.92 Å². The first-order valence-electron chi connectivity index (χ1n) is 8.98. The molecule has 0 radical (unpaired) electrons. The molecule has 1 N–H and O–H groups in total. The number of hydrogen-bond acceptors (Lipinski definition) is 4. The minimum absolute atomic E-state index is 0.192. The molecule has 2 aromatic carbocycles. The number of hydrogen-bond donors (Lipinski definition) is 1. The van der Waals surface area contributed by atoms with Crippen LogP contribution in [0.2, 0.25) is 0 Å². The lowest BCUT2D eigenvalue weighted by Crippen LogP contribution is -2.37. The Morgan fingerprint density at radius 3 is 2.41 bits per heavy atom. The predicted molar refractivity (Wildman–Crippen MR) is 103 cm³/mol. The molecule has 0 aliphatic carbocycles. The average Bonchev–Trinajstić information content (AvgIpc) is 3.09. The van der Waals surface area contributed by atoms with E-state index in [1.165, 1.54) is 0 Å². The first-order valence-corrected chi connectivity index (χ1v) is 8.98. The Kier molecular flexibility index (Phi) is 5.96. The summed E-state index contributed by atoms with van der Waals surface area (Å²) in [5, 5.41) is 2.88. The number of ether oxygens (including phenoxy) is 2. The third-order valence-electron chi connectivity index (χ3n) is 4.73. The summed E-state index contributed by atoms with van der Waals surface area (Å²) in [6.07, 6.45) is 1.24. The summed E-state index contributed by atoms with van der Waals surface area (Å²) >= 11 is 0. The van der Waals surface area contributed by atoms with Crippen LogP contribution in [0.1, 0.15) is 12.0 Å². The van der Waals surface area contributed by atoms with Crippen LogP contribution in [-0.2, 0) is 16.0 Å². The van der Waals surface area contributed by atoms with Crippen LogP contribution in [0.5, 0.6) is 11.5 Å². The fourth-order valence-corrected chi connectivity index (χ4v) is 3.23. The number of anilines is 1. The van der Waals surface area contributed by atoms with Gasteiger partial charge in [0.2, 0.25) is 11.8 Å². The van der Waals surface area contributed by atoms with Gasteiger partial charge in [0, 0.05) is 31.3 Å². The largest absolute Gasteiger partial charge is 0.497 e. The van der Waals surface area contributed by atoms with Gasteiger partial charge in [0.1, 0.15) is 17.4 Å². The molecule has 0 aromatic heterocycles. The van der Waals surface area contributed by atoms with Crippen molar-refractivity contribution in [2.45, 2.75) is 12.8 Å². The van der Waals surface area contributed by atoms with Gasteiger partial charge in [-0.2, -0.15) is 0 Å². The van der Waals surface area contributed by atoms with Gasteiger partial charge in [-0.3, -0.25) is 9.59 Å². The maximum Gasteiger partial charge on any atom is 0.239 e. The van der Waals surface area contributed by atoms with Crippen LogP contribution in [0.4, 0.5) is 5.69 Å². The van der Waals surface area contributed by atoms with Gasteiger partial charge >= 0.3 is 0 Å². The number of nitrogens with one attached hydrogen (secondary N) is 1. The molecular weight excluding hydrogens is 344 g/mol. The Morgan fingerprint density at radius 1 is 1.11 bits per heavy atom. The molecule has 1 fully saturated rings. The molecule has 142 valence electrons. The van der Waals surface area contributed by atoms with Crippen molar-refractivity contribution in [1.29, 1.82) is 0 Å². The number of benzene rings is 2. The van der Waals surface area contributed by atoms with Crippen molar-refractivity contribution >= 4 is 17.5 Å². The minimum atomic E-state index is -0.655. The third kappa shape index (κ3) is 4.39. The van der Waals surface area contributed by atoms with Gasteiger partial charge in [0.25, 0.3) is 0 Å². The molecule has 2 amide bonds. The Balaban J connectivity index is 1.61. The molecule has 1 aliphatic rings. The van der Waals surface area contributed by atoms with Crippen molar-refractivity contribution in [1.82, 2.24) is 5.32 Å². The zero-order valence-corrected chi connectivity index (χ0v) is 15.6. The summed E-state index contributed by atoms with van der Waals surface area (Å²) in [5.74, 6) is 0.148. The lowest BCUT2D eigenvalue weighted by molar-refractivity contribution is -0.132. The molecular formula is C21H24N2O4. The minimum Gasteiger partial charge on any atom is -0.497 e. The van der Waals surface area contributed by atoms with Gasteiger partial charge < -0.3 is 19.7 Å². The molecule has 1 aliphatic heterocycles. The van der Waals surface area contributed by atoms with E-state index in [0.29, 0.717) is 36.7 Å². The van der Waals surface area contributed by atoms with Gasteiger partial charge in [-0.05, 0) is 18.4 Å². The van der Waals surface area contributed by atoms with Gasteiger partial charge in [0.15, 0.2) is 0 Å². The highest BCUT2D eigenvalue weighted by Crippen LogP contribution is 2.32. The monoisotopic (exact) mass is 368 g/mol. The van der Waals surface area contributed by atoms with Gasteiger partial charge in [-0.25, -0.2) is 0 Å². The van der Waals surface area contributed by atoms with Crippen LogP contribution >= 0.6 is 0 Å². The summed E-state index contributed by atoms with van der Waals surface area (Å²) in [5.41, 5.74) is 1.83. The first-order chi connectivity index (χ1) is 13.1. The van der Waals surface area contributed by atoms with E-state index in [2.05, 4.69) is 5.32 Å². The number of methoxy groups -OCH3 is 2. The molecule has 0 saturated carbocycles. The van der Waals surface area contributed by atoms with E-state index in [0.717, 1.165) is 12.0 Å². The molecule has 1 saturated heterocycles. The fourth-order valence-electron chi connectivity index (χ4n) is 3.23. The van der Waals surface area contributed by atoms with Crippen LogP contribution in [0.25, 0.3) is 0 Å². The number of amides is 2. The second-order valence-electron chi connectivity index (χ2n) is 6.43. The predicted octanol–water partition coefficient (Wildman–Crippen LogP) is 2.42. The molecule has 3 rings (SSSR count). The summed E-state index contributed by atoms with van der Waals surface area (Å²) in [7, 11) is 3.13. The zero-order valence-electron chi connectivity index (χ0n) is 15.6. The molecule has 1 unspecified atom stereocenters. The highest BCUT2D eigenvalue weighted by Gasteiger charge is 2.37. The van der Waals surface area contributed by atoms with E-state index in [-0.39, 0.29) is 11.8 Å². The number of carbonyl (C=O) groups excluding carboxylic acids is 2. The molecule has 2 aromatic rings. The van der Waals surface area contributed by atoms with Gasteiger partial charge in [-0.1, -0.05) is 30.3 Å². The maximum absolute atomic E-state index is 12.8. The normalized spacial score (nSPS) is 16.3. The highest BCUT2D eigenvalue weighted by atomic mass is 16.5. The lowest BCUT2D eigenvalue weighted by atomic mass is 10.1. The van der Waals surface area contributed by atoms with Crippen LogP contribution in [0.3, 0.4) is 0 Å². The average molecular weight is 368 g/mol. The van der Waals surface area contributed by atoms with E-state index in [1.807, 2.05) is 30.3 Å². The van der Waals surface area contributed by atoms with Crippen molar-refractivity contribution in [2.75, 3.05) is 32.2 Å². The number of rotatable bonds is 7. The third-order valence-corrected chi connectivity index (χ3v) is 4.73. The highest BCUT2D eigenvalue weighted by molar-refractivity contribution is 6.09. The topological polar surface area (TPSA) is 67.9 Å². The maximum atomic E-state index is 12.8. The molecule has 0 bridgehead atoms. The first kappa shape index (κ1) is 18.8. The fraction of sp³-hybridized carbons (Fsp3) is 0.333. The molecule has 1 heterocycles. The molecule has 6 heteroatoms. The Labute approximate surface area is 159 Å². The van der Waals surface area contributed by atoms with Crippen LogP contribution in [-0.4, -0.2) is 39.1 Å². The van der Waals surface area contributed by atoms with E-state index in [9.17, 15) is 9.59 Å². The summed E-state index contributed by atoms with van der Waals surface area (Å²) in [6.45, 7) is 1.01. The van der Waals surface area contributed by atoms with Crippen LogP contribution in [0.15, 0.2) is 48.5 Å². The SMILES string of the molecule is COc1cc(OC)cc(N2CCC(C(=O)NCCc3ccccc3)C2=O)c1. The van der Waals surface area contributed by atoms with Gasteiger partial charge in [-0.15, -0.1) is 0 Å². The van der Waals surface area contributed by atoms with Crippen molar-refractivity contribution in [3.05, 3.63) is 54.1 Å². The molecule has 0 spiro atoms. The van der Waals surface area contributed by atoms with E-state index in [4.69, 9.17) is 9.47 Å². The second kappa shape index (κ2) is 8.58. The Hall–Kier alpha value is -3.02. The quantitative estimate of drug-likeness (QED) is 0.762. The molecule has 6 nitrogen and oxygen atoms in total.